The van der Waals surface area contributed by atoms with E-state index < -0.39 is 0 Å². The van der Waals surface area contributed by atoms with Crippen molar-refractivity contribution in [1.29, 1.82) is 0 Å². The van der Waals surface area contributed by atoms with Gasteiger partial charge >= 0.3 is 0 Å². The Morgan fingerprint density at radius 2 is 2.06 bits per heavy atom. The molecule has 1 aromatic carbocycles. The molecule has 2 N–H and O–H groups in total. The van der Waals surface area contributed by atoms with Gasteiger partial charge in [-0.25, -0.2) is 0 Å². The monoisotopic (exact) mass is 246 g/mol. The molecule has 0 unspecified atom stereocenters. The maximum absolute atomic E-state index is 5.91. The molecule has 0 fully saturated rings. The van der Waals surface area contributed by atoms with Gasteiger partial charge in [0.2, 0.25) is 0 Å². The molecule has 1 atom stereocenters. The van der Waals surface area contributed by atoms with Gasteiger partial charge in [-0.1, -0.05) is 23.4 Å². The number of rotatable bonds is 4. The maximum Gasteiger partial charge on any atom is 0.140 e. The fourth-order valence-electron chi connectivity index (χ4n) is 1.85. The topological polar surface area (TPSA) is 61.3 Å². The summed E-state index contributed by atoms with van der Waals surface area (Å²) < 4.78 is 10.9. The number of para-hydroxylation sites is 1. The van der Waals surface area contributed by atoms with Crippen molar-refractivity contribution in [3.05, 3.63) is 46.8 Å². The fraction of sp³-hybridized carbons (Fsp3) is 0.357. The minimum atomic E-state index is -0.0501. The molecule has 18 heavy (non-hydrogen) atoms. The van der Waals surface area contributed by atoms with Crippen molar-refractivity contribution in [2.24, 2.45) is 5.73 Å². The second-order valence-electron chi connectivity index (χ2n) is 4.42. The van der Waals surface area contributed by atoms with Gasteiger partial charge in [-0.3, -0.25) is 0 Å². The van der Waals surface area contributed by atoms with E-state index in [0.29, 0.717) is 6.61 Å². The van der Waals surface area contributed by atoms with E-state index in [0.717, 1.165) is 28.3 Å². The van der Waals surface area contributed by atoms with Crippen LogP contribution < -0.4 is 10.5 Å². The first kappa shape index (κ1) is 12.6. The van der Waals surface area contributed by atoms with Crippen LogP contribution in [0.3, 0.4) is 0 Å². The summed E-state index contributed by atoms with van der Waals surface area (Å²) in [5.41, 5.74) is 8.78. The zero-order valence-electron chi connectivity index (χ0n) is 10.9. The van der Waals surface area contributed by atoms with Crippen LogP contribution in [-0.4, -0.2) is 5.16 Å². The Labute approximate surface area is 107 Å². The summed E-state index contributed by atoms with van der Waals surface area (Å²) in [6, 6.07) is 7.76. The number of hydrogen-bond donors (Lipinski definition) is 1. The molecule has 0 spiro atoms. The zero-order chi connectivity index (χ0) is 13.1. The van der Waals surface area contributed by atoms with Gasteiger partial charge in [0, 0.05) is 11.6 Å². The van der Waals surface area contributed by atoms with Gasteiger partial charge in [0.05, 0.1) is 11.3 Å². The molecule has 0 radical (unpaired) electrons. The highest BCUT2D eigenvalue weighted by atomic mass is 16.5. The van der Waals surface area contributed by atoms with E-state index in [1.165, 1.54) is 0 Å². The lowest BCUT2D eigenvalue weighted by atomic mass is 10.1. The fourth-order valence-corrected chi connectivity index (χ4v) is 1.85. The lowest BCUT2D eigenvalue weighted by Gasteiger charge is -2.13. The van der Waals surface area contributed by atoms with Crippen LogP contribution in [0.4, 0.5) is 0 Å². The third-order valence-electron chi connectivity index (χ3n) is 2.96. The van der Waals surface area contributed by atoms with Gasteiger partial charge in [0.1, 0.15) is 18.1 Å². The third-order valence-corrected chi connectivity index (χ3v) is 2.96. The number of aromatic nitrogens is 1. The van der Waals surface area contributed by atoms with Crippen molar-refractivity contribution in [2.75, 3.05) is 0 Å². The van der Waals surface area contributed by atoms with Crippen LogP contribution in [-0.2, 0) is 6.61 Å². The summed E-state index contributed by atoms with van der Waals surface area (Å²) in [7, 11) is 0. The normalized spacial score (nSPS) is 12.4. The Balaban J connectivity index is 2.16. The van der Waals surface area contributed by atoms with Gasteiger partial charge < -0.3 is 15.0 Å². The van der Waals surface area contributed by atoms with E-state index in [1.54, 1.807) is 0 Å². The summed E-state index contributed by atoms with van der Waals surface area (Å²) in [5.74, 6) is 1.61. The molecule has 0 aliphatic heterocycles. The molecule has 0 amide bonds. The molecule has 2 aromatic rings. The van der Waals surface area contributed by atoms with Crippen LogP contribution in [0.2, 0.25) is 0 Å². The molecular weight excluding hydrogens is 228 g/mol. The highest BCUT2D eigenvalue weighted by Crippen LogP contribution is 2.25. The Kier molecular flexibility index (Phi) is 3.67. The molecule has 0 saturated carbocycles. The molecule has 4 heteroatoms. The van der Waals surface area contributed by atoms with Crippen molar-refractivity contribution >= 4 is 0 Å². The molecule has 1 aromatic heterocycles. The highest BCUT2D eigenvalue weighted by Gasteiger charge is 2.12. The van der Waals surface area contributed by atoms with E-state index in [-0.39, 0.29) is 6.04 Å². The molecule has 4 nitrogen and oxygen atoms in total. The van der Waals surface area contributed by atoms with E-state index in [9.17, 15) is 0 Å². The lowest BCUT2D eigenvalue weighted by molar-refractivity contribution is 0.297. The number of nitrogens with zero attached hydrogens (tertiary/aromatic N) is 1. The SMILES string of the molecule is Cc1noc(C)c1COc1ccccc1[C@H](C)N. The first-order chi connectivity index (χ1) is 8.59. The molecule has 0 aliphatic rings. The number of nitrogens with two attached hydrogens (primary N) is 1. The molecule has 0 aliphatic carbocycles. The summed E-state index contributed by atoms with van der Waals surface area (Å²) >= 11 is 0. The molecule has 96 valence electrons. The van der Waals surface area contributed by atoms with Gasteiger partial charge in [-0.05, 0) is 26.8 Å². The first-order valence-corrected chi connectivity index (χ1v) is 5.98. The van der Waals surface area contributed by atoms with Gasteiger partial charge in [0.25, 0.3) is 0 Å². The van der Waals surface area contributed by atoms with Gasteiger partial charge in [0.15, 0.2) is 0 Å². The van der Waals surface area contributed by atoms with Crippen LogP contribution in [0.5, 0.6) is 5.75 Å². The summed E-state index contributed by atoms with van der Waals surface area (Å²) in [6.45, 7) is 6.19. The number of ether oxygens (including phenoxy) is 1. The highest BCUT2D eigenvalue weighted by molar-refractivity contribution is 5.35. The van der Waals surface area contributed by atoms with E-state index in [4.69, 9.17) is 15.0 Å². The summed E-state index contributed by atoms with van der Waals surface area (Å²) in [4.78, 5) is 0. The first-order valence-electron chi connectivity index (χ1n) is 5.98. The smallest absolute Gasteiger partial charge is 0.140 e. The van der Waals surface area contributed by atoms with E-state index >= 15 is 0 Å². The largest absolute Gasteiger partial charge is 0.488 e. The molecule has 2 rings (SSSR count). The second kappa shape index (κ2) is 5.23. The molecule has 1 heterocycles. The van der Waals surface area contributed by atoms with Crippen molar-refractivity contribution in [3.8, 4) is 5.75 Å². The van der Waals surface area contributed by atoms with Crippen LogP contribution in [0.1, 0.15) is 35.5 Å². The van der Waals surface area contributed by atoms with Crippen molar-refractivity contribution in [1.82, 2.24) is 5.16 Å². The summed E-state index contributed by atoms with van der Waals surface area (Å²) in [6.07, 6.45) is 0. The maximum atomic E-state index is 5.91. The zero-order valence-corrected chi connectivity index (χ0v) is 10.9. The Morgan fingerprint density at radius 3 is 2.67 bits per heavy atom. The van der Waals surface area contributed by atoms with E-state index in [2.05, 4.69) is 5.16 Å². The van der Waals surface area contributed by atoms with Crippen LogP contribution in [0.25, 0.3) is 0 Å². The Hall–Kier alpha value is -1.81. The van der Waals surface area contributed by atoms with Crippen LogP contribution >= 0.6 is 0 Å². The van der Waals surface area contributed by atoms with Crippen LogP contribution in [0, 0.1) is 13.8 Å². The quantitative estimate of drug-likeness (QED) is 0.901. The van der Waals surface area contributed by atoms with Crippen LogP contribution in [0.15, 0.2) is 28.8 Å². The predicted octanol–water partition coefficient (Wildman–Crippen LogP) is 2.89. The third kappa shape index (κ3) is 2.54. The molecule has 0 saturated heterocycles. The minimum Gasteiger partial charge on any atom is -0.488 e. The molecular formula is C14H18N2O2. The van der Waals surface area contributed by atoms with Crippen molar-refractivity contribution in [2.45, 2.75) is 33.4 Å². The standard InChI is InChI=1S/C14H18N2O2/c1-9(15)12-6-4-5-7-14(12)17-8-13-10(2)16-18-11(13)3/h4-7,9H,8,15H2,1-3H3/t9-/m0/s1. The summed E-state index contributed by atoms with van der Waals surface area (Å²) in [5, 5.41) is 3.91. The Morgan fingerprint density at radius 1 is 1.33 bits per heavy atom. The minimum absolute atomic E-state index is 0.0501. The lowest BCUT2D eigenvalue weighted by Crippen LogP contribution is -2.08. The number of hydrogen-bond acceptors (Lipinski definition) is 4. The van der Waals surface area contributed by atoms with Gasteiger partial charge in [-0.15, -0.1) is 0 Å². The predicted molar refractivity (Wildman–Crippen MR) is 69.4 cm³/mol. The Bertz CT molecular complexity index is 513. The van der Waals surface area contributed by atoms with E-state index in [1.807, 2.05) is 45.0 Å². The molecule has 0 bridgehead atoms. The van der Waals surface area contributed by atoms with Crippen molar-refractivity contribution < 1.29 is 9.26 Å². The van der Waals surface area contributed by atoms with Gasteiger partial charge in [-0.2, -0.15) is 0 Å². The van der Waals surface area contributed by atoms with Crippen molar-refractivity contribution in [3.63, 3.8) is 0 Å². The average Bonchev–Trinajstić information content (AvgIpc) is 2.67. The second-order valence-corrected chi connectivity index (χ2v) is 4.42. The number of benzene rings is 1. The number of aryl methyl sites for hydroxylation is 2. The average molecular weight is 246 g/mol.